The van der Waals surface area contributed by atoms with Crippen LogP contribution in [0, 0.1) is 0 Å². The van der Waals surface area contributed by atoms with E-state index in [2.05, 4.69) is 5.32 Å². The molecule has 0 radical (unpaired) electrons. The number of likely N-dealkylation sites (N-methyl/N-ethyl adjacent to an activating group) is 1. The van der Waals surface area contributed by atoms with Gasteiger partial charge in [-0.2, -0.15) is 0 Å². The van der Waals surface area contributed by atoms with E-state index in [0.717, 1.165) is 19.4 Å². The summed E-state index contributed by atoms with van der Waals surface area (Å²) in [5.41, 5.74) is -1.21. The Morgan fingerprint density at radius 2 is 2.17 bits per heavy atom. The number of hydrogen-bond acceptors (Lipinski definition) is 3. The number of carboxylic acid groups (broad SMARTS) is 1. The van der Waals surface area contributed by atoms with Gasteiger partial charge in [-0.15, -0.1) is 0 Å². The molecule has 2 amide bonds. The van der Waals surface area contributed by atoms with E-state index in [1.807, 2.05) is 0 Å². The summed E-state index contributed by atoms with van der Waals surface area (Å²) in [5.74, 6) is -1.02. The van der Waals surface area contributed by atoms with Crippen LogP contribution in [-0.4, -0.2) is 53.3 Å². The van der Waals surface area contributed by atoms with E-state index in [0.29, 0.717) is 13.1 Å². The number of nitrogens with one attached hydrogen (secondary N) is 1. The molecule has 1 atom stereocenters. The summed E-state index contributed by atoms with van der Waals surface area (Å²) in [6.45, 7) is 6.31. The van der Waals surface area contributed by atoms with Gasteiger partial charge in [-0.1, -0.05) is 0 Å². The van der Waals surface area contributed by atoms with E-state index in [-0.39, 0.29) is 12.1 Å². The van der Waals surface area contributed by atoms with Crippen LogP contribution in [0.3, 0.4) is 0 Å². The quantitative estimate of drug-likeness (QED) is 0.773. The normalized spacial score (nSPS) is 19.6. The van der Waals surface area contributed by atoms with Gasteiger partial charge in [0, 0.05) is 19.7 Å². The van der Waals surface area contributed by atoms with Crippen LogP contribution in [-0.2, 0) is 9.53 Å². The van der Waals surface area contributed by atoms with E-state index < -0.39 is 11.5 Å². The molecule has 18 heavy (non-hydrogen) atoms. The molecule has 1 rings (SSSR count). The SMILES string of the molecule is CCN(C(=O)NCC1CCCO1)C(C)(C)C(=O)O. The minimum Gasteiger partial charge on any atom is -0.480 e. The molecule has 0 aromatic heterocycles. The number of carboxylic acids is 1. The van der Waals surface area contributed by atoms with Gasteiger partial charge in [-0.25, -0.2) is 9.59 Å². The smallest absolute Gasteiger partial charge is 0.329 e. The molecule has 0 spiro atoms. The third-order valence-electron chi connectivity index (χ3n) is 3.26. The topological polar surface area (TPSA) is 78.9 Å². The minimum atomic E-state index is -1.21. The number of amides is 2. The maximum absolute atomic E-state index is 12.0. The van der Waals surface area contributed by atoms with Crippen LogP contribution < -0.4 is 5.32 Å². The summed E-state index contributed by atoms with van der Waals surface area (Å²) in [6.07, 6.45) is 2.01. The Hall–Kier alpha value is -1.30. The molecular formula is C12H22N2O4. The number of urea groups is 1. The summed E-state index contributed by atoms with van der Waals surface area (Å²) in [6, 6.07) is -0.361. The first-order valence-corrected chi connectivity index (χ1v) is 6.30. The molecule has 2 N–H and O–H groups in total. The zero-order valence-electron chi connectivity index (χ0n) is 11.2. The van der Waals surface area contributed by atoms with Gasteiger partial charge in [0.25, 0.3) is 0 Å². The number of hydrogen-bond donors (Lipinski definition) is 2. The second-order valence-electron chi connectivity index (χ2n) is 4.93. The maximum atomic E-state index is 12.0. The zero-order chi connectivity index (χ0) is 13.8. The average Bonchev–Trinajstić information content (AvgIpc) is 2.79. The molecule has 1 aliphatic heterocycles. The molecule has 0 aliphatic carbocycles. The van der Waals surface area contributed by atoms with Crippen molar-refractivity contribution in [2.45, 2.75) is 45.3 Å². The molecule has 6 heteroatoms. The Morgan fingerprint density at radius 3 is 2.61 bits per heavy atom. The summed E-state index contributed by atoms with van der Waals surface area (Å²) in [7, 11) is 0. The summed E-state index contributed by atoms with van der Waals surface area (Å²) < 4.78 is 5.40. The molecule has 0 saturated carbocycles. The molecule has 0 aromatic rings. The highest BCUT2D eigenvalue weighted by Crippen LogP contribution is 2.15. The summed E-state index contributed by atoms with van der Waals surface area (Å²) in [4.78, 5) is 24.4. The monoisotopic (exact) mass is 258 g/mol. The third kappa shape index (κ3) is 3.35. The third-order valence-corrected chi connectivity index (χ3v) is 3.26. The van der Waals surface area contributed by atoms with Gasteiger partial charge >= 0.3 is 12.0 Å². The van der Waals surface area contributed by atoms with Crippen LogP contribution in [0.1, 0.15) is 33.6 Å². The van der Waals surface area contributed by atoms with Crippen molar-refractivity contribution in [2.24, 2.45) is 0 Å². The van der Waals surface area contributed by atoms with Gasteiger partial charge in [0.05, 0.1) is 6.10 Å². The lowest BCUT2D eigenvalue weighted by atomic mass is 10.0. The van der Waals surface area contributed by atoms with Gasteiger partial charge < -0.3 is 20.1 Å². The van der Waals surface area contributed by atoms with E-state index in [4.69, 9.17) is 9.84 Å². The Bertz CT molecular complexity index is 311. The predicted octanol–water partition coefficient (Wildman–Crippen LogP) is 1.06. The van der Waals surface area contributed by atoms with Crippen molar-refractivity contribution in [2.75, 3.05) is 19.7 Å². The second-order valence-corrected chi connectivity index (χ2v) is 4.93. The Labute approximate surface area is 107 Å². The van der Waals surface area contributed by atoms with Crippen LogP contribution in [0.2, 0.25) is 0 Å². The number of aliphatic carboxylic acids is 1. The molecule has 6 nitrogen and oxygen atoms in total. The van der Waals surface area contributed by atoms with Crippen LogP contribution in [0.25, 0.3) is 0 Å². The predicted molar refractivity (Wildman–Crippen MR) is 66.5 cm³/mol. The van der Waals surface area contributed by atoms with Crippen molar-refractivity contribution in [3.05, 3.63) is 0 Å². The lowest BCUT2D eigenvalue weighted by Crippen LogP contribution is -2.56. The van der Waals surface area contributed by atoms with E-state index in [1.54, 1.807) is 6.92 Å². The number of rotatable bonds is 5. The van der Waals surface area contributed by atoms with Crippen LogP contribution in [0.5, 0.6) is 0 Å². The van der Waals surface area contributed by atoms with Gasteiger partial charge in [0.1, 0.15) is 5.54 Å². The Morgan fingerprint density at radius 1 is 1.50 bits per heavy atom. The van der Waals surface area contributed by atoms with Crippen molar-refractivity contribution in [1.82, 2.24) is 10.2 Å². The van der Waals surface area contributed by atoms with Crippen LogP contribution >= 0.6 is 0 Å². The fourth-order valence-electron chi connectivity index (χ4n) is 2.01. The minimum absolute atomic E-state index is 0.0561. The second kappa shape index (κ2) is 6.04. The van der Waals surface area contributed by atoms with Crippen molar-refractivity contribution in [3.8, 4) is 0 Å². The van der Waals surface area contributed by atoms with Crippen molar-refractivity contribution < 1.29 is 19.4 Å². The number of ether oxygens (including phenoxy) is 1. The molecule has 0 bridgehead atoms. The van der Waals surface area contributed by atoms with E-state index in [9.17, 15) is 9.59 Å². The van der Waals surface area contributed by atoms with E-state index in [1.165, 1.54) is 18.7 Å². The van der Waals surface area contributed by atoms with Gasteiger partial charge in [0.15, 0.2) is 0 Å². The maximum Gasteiger partial charge on any atom is 0.329 e. The Kier molecular flexibility index (Phi) is 4.95. The van der Waals surface area contributed by atoms with Crippen molar-refractivity contribution in [3.63, 3.8) is 0 Å². The summed E-state index contributed by atoms with van der Waals surface area (Å²) in [5, 5.41) is 11.9. The molecule has 1 heterocycles. The highest BCUT2D eigenvalue weighted by Gasteiger charge is 2.37. The molecule has 1 aliphatic rings. The lowest BCUT2D eigenvalue weighted by molar-refractivity contribution is -0.147. The number of carbonyl (C=O) groups excluding carboxylic acids is 1. The summed E-state index contributed by atoms with van der Waals surface area (Å²) >= 11 is 0. The average molecular weight is 258 g/mol. The molecule has 104 valence electrons. The lowest BCUT2D eigenvalue weighted by Gasteiger charge is -2.34. The fourth-order valence-corrected chi connectivity index (χ4v) is 2.01. The molecule has 1 fully saturated rings. The first-order valence-electron chi connectivity index (χ1n) is 6.30. The van der Waals surface area contributed by atoms with Gasteiger partial charge in [-0.3, -0.25) is 0 Å². The van der Waals surface area contributed by atoms with Crippen molar-refractivity contribution >= 4 is 12.0 Å². The first kappa shape index (κ1) is 14.8. The first-order chi connectivity index (χ1) is 8.39. The van der Waals surface area contributed by atoms with Gasteiger partial charge in [-0.05, 0) is 33.6 Å². The standard InChI is InChI=1S/C12H22N2O4/c1-4-14(12(2,3)10(15)16)11(17)13-8-9-6-5-7-18-9/h9H,4-8H2,1-3H3,(H,13,17)(H,15,16). The number of nitrogens with zero attached hydrogens (tertiary/aromatic N) is 1. The number of carbonyl (C=O) groups is 2. The Balaban J connectivity index is 2.53. The largest absolute Gasteiger partial charge is 0.480 e. The molecule has 0 aromatic carbocycles. The fraction of sp³-hybridized carbons (Fsp3) is 0.833. The van der Waals surface area contributed by atoms with Crippen LogP contribution in [0.4, 0.5) is 4.79 Å². The van der Waals surface area contributed by atoms with Gasteiger partial charge in [0.2, 0.25) is 0 Å². The van der Waals surface area contributed by atoms with E-state index >= 15 is 0 Å². The van der Waals surface area contributed by atoms with Crippen LogP contribution in [0.15, 0.2) is 0 Å². The highest BCUT2D eigenvalue weighted by molar-refractivity contribution is 5.85. The zero-order valence-corrected chi connectivity index (χ0v) is 11.2. The van der Waals surface area contributed by atoms with Crippen molar-refractivity contribution in [1.29, 1.82) is 0 Å². The molecule has 1 unspecified atom stereocenters. The molecular weight excluding hydrogens is 236 g/mol. The highest BCUT2D eigenvalue weighted by atomic mass is 16.5. The molecule has 1 saturated heterocycles.